The fourth-order valence-electron chi connectivity index (χ4n) is 2.36. The van der Waals surface area contributed by atoms with E-state index < -0.39 is 15.9 Å². The number of nitrogens with two attached hydrogens (primary N) is 1. The van der Waals surface area contributed by atoms with Crippen molar-refractivity contribution in [3.05, 3.63) is 53.1 Å². The third kappa shape index (κ3) is 3.62. The van der Waals surface area contributed by atoms with Crippen molar-refractivity contribution in [2.45, 2.75) is 18.7 Å². The molecule has 0 spiro atoms. The lowest BCUT2D eigenvalue weighted by atomic mass is 10.1. The summed E-state index contributed by atoms with van der Waals surface area (Å²) in [7, 11) is -2.23. The Kier molecular flexibility index (Phi) is 4.60. The molecule has 7 heteroatoms. The van der Waals surface area contributed by atoms with Gasteiger partial charge in [-0.3, -0.25) is 9.52 Å². The molecule has 0 radical (unpaired) electrons. The SMILES string of the molecule is COc1cc(C)c(S(=O)(=O)Nc2ccc(C(N)=O)cc2)c(C)c1. The molecular weight excluding hydrogens is 316 g/mol. The van der Waals surface area contributed by atoms with Crippen LogP contribution in [0.25, 0.3) is 0 Å². The number of nitrogens with one attached hydrogen (secondary N) is 1. The van der Waals surface area contributed by atoms with Gasteiger partial charge in [-0.05, 0) is 61.4 Å². The van der Waals surface area contributed by atoms with Gasteiger partial charge in [0.05, 0.1) is 12.0 Å². The van der Waals surface area contributed by atoms with Gasteiger partial charge in [0, 0.05) is 11.3 Å². The molecule has 3 N–H and O–H groups in total. The first kappa shape index (κ1) is 16.8. The van der Waals surface area contributed by atoms with Gasteiger partial charge in [-0.2, -0.15) is 0 Å². The van der Waals surface area contributed by atoms with E-state index >= 15 is 0 Å². The summed E-state index contributed by atoms with van der Waals surface area (Å²) in [6, 6.07) is 9.25. The Bertz CT molecular complexity index is 820. The minimum atomic E-state index is -3.75. The second kappa shape index (κ2) is 6.29. The summed E-state index contributed by atoms with van der Waals surface area (Å²) in [5.74, 6) is 0.0333. The predicted molar refractivity (Wildman–Crippen MR) is 88.2 cm³/mol. The Morgan fingerprint density at radius 3 is 2.04 bits per heavy atom. The van der Waals surface area contributed by atoms with Crippen LogP contribution in [0.4, 0.5) is 5.69 Å². The summed E-state index contributed by atoms with van der Waals surface area (Å²) < 4.78 is 32.9. The number of methoxy groups -OCH3 is 1. The second-order valence-corrected chi connectivity index (χ2v) is 6.76. The van der Waals surface area contributed by atoms with Crippen molar-refractivity contribution in [1.29, 1.82) is 0 Å². The fraction of sp³-hybridized carbons (Fsp3) is 0.188. The van der Waals surface area contributed by atoms with E-state index in [4.69, 9.17) is 10.5 Å². The predicted octanol–water partition coefficient (Wildman–Crippen LogP) is 2.21. The van der Waals surface area contributed by atoms with E-state index in [1.165, 1.54) is 31.4 Å². The summed E-state index contributed by atoms with van der Waals surface area (Å²) in [6.45, 7) is 3.42. The molecule has 0 bridgehead atoms. The number of carbonyl (C=O) groups is 1. The van der Waals surface area contributed by atoms with Crippen LogP contribution >= 0.6 is 0 Å². The average molecular weight is 334 g/mol. The lowest BCUT2D eigenvalue weighted by Crippen LogP contribution is -2.16. The van der Waals surface area contributed by atoms with Crippen LogP contribution in [-0.4, -0.2) is 21.4 Å². The number of hydrogen-bond donors (Lipinski definition) is 2. The van der Waals surface area contributed by atoms with Crippen LogP contribution in [0.2, 0.25) is 0 Å². The van der Waals surface area contributed by atoms with E-state index in [9.17, 15) is 13.2 Å². The molecule has 0 saturated heterocycles. The van der Waals surface area contributed by atoms with Gasteiger partial charge in [0.25, 0.3) is 10.0 Å². The molecule has 0 aliphatic heterocycles. The number of carbonyl (C=O) groups excluding carboxylic acids is 1. The number of aryl methyl sites for hydroxylation is 2. The van der Waals surface area contributed by atoms with Crippen LogP contribution in [0, 0.1) is 13.8 Å². The van der Waals surface area contributed by atoms with Gasteiger partial charge < -0.3 is 10.5 Å². The van der Waals surface area contributed by atoms with Gasteiger partial charge in [-0.15, -0.1) is 0 Å². The van der Waals surface area contributed by atoms with Crippen molar-refractivity contribution in [2.24, 2.45) is 5.73 Å². The Balaban J connectivity index is 2.37. The molecule has 6 nitrogen and oxygen atoms in total. The highest BCUT2D eigenvalue weighted by molar-refractivity contribution is 7.92. The fourth-order valence-corrected chi connectivity index (χ4v) is 3.88. The lowest BCUT2D eigenvalue weighted by Gasteiger charge is -2.14. The van der Waals surface area contributed by atoms with Gasteiger partial charge >= 0.3 is 0 Å². The molecule has 122 valence electrons. The van der Waals surface area contributed by atoms with E-state index in [-0.39, 0.29) is 4.90 Å². The van der Waals surface area contributed by atoms with Crippen LogP contribution in [0.15, 0.2) is 41.3 Å². The van der Waals surface area contributed by atoms with Crippen molar-refractivity contribution in [3.8, 4) is 5.75 Å². The van der Waals surface area contributed by atoms with E-state index in [0.29, 0.717) is 28.1 Å². The number of hydrogen-bond acceptors (Lipinski definition) is 4. The molecule has 2 rings (SSSR count). The van der Waals surface area contributed by atoms with Crippen molar-refractivity contribution in [2.75, 3.05) is 11.8 Å². The van der Waals surface area contributed by atoms with Crippen LogP contribution in [0.3, 0.4) is 0 Å². The molecule has 0 aliphatic rings. The van der Waals surface area contributed by atoms with Gasteiger partial charge in [-0.25, -0.2) is 8.42 Å². The number of anilines is 1. The maximum absolute atomic E-state index is 12.6. The summed E-state index contributed by atoms with van der Waals surface area (Å²) in [5, 5.41) is 0. The first-order valence-corrected chi connectivity index (χ1v) is 8.31. The number of benzene rings is 2. The highest BCUT2D eigenvalue weighted by Crippen LogP contribution is 2.27. The van der Waals surface area contributed by atoms with E-state index in [0.717, 1.165) is 0 Å². The maximum Gasteiger partial charge on any atom is 0.262 e. The first-order valence-electron chi connectivity index (χ1n) is 6.82. The summed E-state index contributed by atoms with van der Waals surface area (Å²) in [6.07, 6.45) is 0. The normalized spacial score (nSPS) is 11.1. The van der Waals surface area contributed by atoms with Crippen molar-refractivity contribution >= 4 is 21.6 Å². The van der Waals surface area contributed by atoms with Gasteiger partial charge in [0.1, 0.15) is 5.75 Å². The Labute approximate surface area is 135 Å². The summed E-state index contributed by atoms with van der Waals surface area (Å²) in [5.41, 5.74) is 6.99. The molecule has 0 aromatic heterocycles. The van der Waals surface area contributed by atoms with Crippen molar-refractivity contribution in [3.63, 3.8) is 0 Å². The van der Waals surface area contributed by atoms with E-state index in [1.807, 2.05) is 0 Å². The topological polar surface area (TPSA) is 98.5 Å². The van der Waals surface area contributed by atoms with E-state index in [2.05, 4.69) is 4.72 Å². The molecule has 0 fully saturated rings. The number of primary amides is 1. The molecule has 0 aliphatic carbocycles. The lowest BCUT2D eigenvalue weighted by molar-refractivity contribution is 0.100. The Hall–Kier alpha value is -2.54. The van der Waals surface area contributed by atoms with Crippen molar-refractivity contribution < 1.29 is 17.9 Å². The summed E-state index contributed by atoms with van der Waals surface area (Å²) >= 11 is 0. The minimum Gasteiger partial charge on any atom is -0.497 e. The number of rotatable bonds is 5. The number of sulfonamides is 1. The zero-order valence-electron chi connectivity index (χ0n) is 13.1. The monoisotopic (exact) mass is 334 g/mol. The molecule has 0 saturated carbocycles. The zero-order chi connectivity index (χ0) is 17.2. The van der Waals surface area contributed by atoms with Crippen LogP contribution in [0.1, 0.15) is 21.5 Å². The van der Waals surface area contributed by atoms with Gasteiger partial charge in [-0.1, -0.05) is 0 Å². The highest BCUT2D eigenvalue weighted by atomic mass is 32.2. The zero-order valence-corrected chi connectivity index (χ0v) is 13.9. The van der Waals surface area contributed by atoms with E-state index in [1.54, 1.807) is 26.0 Å². The molecule has 1 amide bonds. The molecule has 0 heterocycles. The first-order chi connectivity index (χ1) is 10.7. The van der Waals surface area contributed by atoms with Gasteiger partial charge in [0.2, 0.25) is 5.91 Å². The molecule has 2 aromatic carbocycles. The molecule has 23 heavy (non-hydrogen) atoms. The minimum absolute atomic E-state index is 0.206. The highest BCUT2D eigenvalue weighted by Gasteiger charge is 2.20. The Morgan fingerprint density at radius 1 is 1.09 bits per heavy atom. The van der Waals surface area contributed by atoms with Crippen LogP contribution in [-0.2, 0) is 10.0 Å². The Morgan fingerprint density at radius 2 is 1.61 bits per heavy atom. The molecule has 2 aromatic rings. The molecule has 0 unspecified atom stereocenters. The van der Waals surface area contributed by atoms with Gasteiger partial charge in [0.15, 0.2) is 0 Å². The number of amides is 1. The molecular formula is C16H18N2O4S. The van der Waals surface area contributed by atoms with Crippen LogP contribution < -0.4 is 15.2 Å². The summed E-state index contributed by atoms with van der Waals surface area (Å²) in [4.78, 5) is 11.2. The second-order valence-electron chi connectivity index (χ2n) is 5.14. The average Bonchev–Trinajstić information content (AvgIpc) is 2.46. The smallest absolute Gasteiger partial charge is 0.262 e. The quantitative estimate of drug-likeness (QED) is 0.876. The third-order valence-electron chi connectivity index (χ3n) is 3.36. The molecule has 0 atom stereocenters. The van der Waals surface area contributed by atoms with Crippen LogP contribution in [0.5, 0.6) is 5.75 Å². The van der Waals surface area contributed by atoms with Crippen molar-refractivity contribution in [1.82, 2.24) is 0 Å². The largest absolute Gasteiger partial charge is 0.497 e. The standard InChI is InChI=1S/C16H18N2O4S/c1-10-8-14(22-3)9-11(2)15(10)23(20,21)18-13-6-4-12(5-7-13)16(17)19/h4-9,18H,1-3H3,(H2,17,19). The third-order valence-corrected chi connectivity index (χ3v) is 5.05. The maximum atomic E-state index is 12.6. The number of ether oxygens (including phenoxy) is 1.